The van der Waals surface area contributed by atoms with Gasteiger partial charge in [-0.15, -0.1) is 0 Å². The molecule has 4 heteroatoms. The average molecular weight is 193 g/mol. The summed E-state index contributed by atoms with van der Waals surface area (Å²) >= 11 is 0. The topological polar surface area (TPSA) is 34.2 Å². The molecule has 14 heavy (non-hydrogen) atoms. The van der Waals surface area contributed by atoms with Crippen LogP contribution in [0.25, 0.3) is 0 Å². The van der Waals surface area contributed by atoms with Gasteiger partial charge in [0.2, 0.25) is 0 Å². The van der Waals surface area contributed by atoms with E-state index >= 15 is 0 Å². The van der Waals surface area contributed by atoms with Crippen LogP contribution in [-0.2, 0) is 9.47 Å². The molecule has 2 atom stereocenters. The molecule has 1 aromatic heterocycles. The molecule has 1 aliphatic rings. The molecule has 1 saturated heterocycles. The second-order valence-electron chi connectivity index (χ2n) is 3.70. The van der Waals surface area contributed by atoms with Crippen molar-refractivity contribution in [1.29, 1.82) is 0 Å². The van der Waals surface area contributed by atoms with Crippen LogP contribution in [0, 0.1) is 0 Å². The van der Waals surface area contributed by atoms with E-state index in [1.807, 2.05) is 26.0 Å². The minimum atomic E-state index is -0.0120. The van der Waals surface area contributed by atoms with E-state index in [4.69, 9.17) is 9.47 Å². The molecule has 0 radical (unpaired) electrons. The fourth-order valence-electron chi connectivity index (χ4n) is 1.72. The third kappa shape index (κ3) is 2.46. The Morgan fingerprint density at radius 1 is 1.64 bits per heavy atom. The van der Waals surface area contributed by atoms with E-state index in [-0.39, 0.29) is 12.4 Å². The van der Waals surface area contributed by atoms with Gasteiger partial charge in [-0.25, -0.2) is 0 Å². The van der Waals surface area contributed by atoms with Crippen LogP contribution in [-0.4, -0.2) is 24.8 Å². The summed E-state index contributed by atoms with van der Waals surface area (Å²) in [5, 5.41) is 0. The van der Waals surface area contributed by atoms with Gasteiger partial charge in [-0.2, -0.15) is 0 Å². The van der Waals surface area contributed by atoms with Crippen molar-refractivity contribution < 1.29 is 9.47 Å². The molecule has 2 heterocycles. The number of hydrogen-bond acceptors (Lipinski definition) is 2. The number of H-pyrrole nitrogens is 1. The maximum absolute atomic E-state index is 5.78. The van der Waals surface area contributed by atoms with E-state index in [2.05, 4.69) is 4.98 Å². The van der Waals surface area contributed by atoms with Gasteiger partial charge in [-0.05, 0) is 0 Å². The van der Waals surface area contributed by atoms with Crippen molar-refractivity contribution in [1.82, 2.24) is 4.98 Å². The number of aromatic nitrogens is 1. The zero-order chi connectivity index (χ0) is 9.80. The molecule has 0 spiro atoms. The minimum absolute atomic E-state index is 0.0120. The Balaban J connectivity index is 1.84. The quantitative estimate of drug-likeness (QED) is 0.795. The molecule has 1 N–H and O–H groups in total. The summed E-state index contributed by atoms with van der Waals surface area (Å²) in [6.45, 7) is 4.92. The van der Waals surface area contributed by atoms with Gasteiger partial charge in [0, 0.05) is 0 Å². The second kappa shape index (κ2) is 4.76. The van der Waals surface area contributed by atoms with Crippen LogP contribution in [0.1, 0.15) is 37.9 Å². The van der Waals surface area contributed by atoms with Gasteiger partial charge in [0.1, 0.15) is 0 Å². The Morgan fingerprint density at radius 3 is 3.21 bits per heavy atom. The fraction of sp³-hybridized carbons (Fsp3) is 0.700. The number of aromatic amines is 1. The predicted octanol–water partition coefficient (Wildman–Crippen LogP) is 1.96. The fourth-order valence-corrected chi connectivity index (χ4v) is 1.72. The Morgan fingerprint density at radius 2 is 2.57 bits per heavy atom. The van der Waals surface area contributed by atoms with E-state index < -0.39 is 0 Å². The van der Waals surface area contributed by atoms with Gasteiger partial charge < -0.3 is 0 Å². The van der Waals surface area contributed by atoms with Crippen LogP contribution in [0.15, 0.2) is 12.2 Å². The molecule has 0 aromatic carbocycles. The Kier molecular flexibility index (Phi) is 3.37. The summed E-state index contributed by atoms with van der Waals surface area (Å²) in [6.07, 6.45) is 5.39. The molecular formula is C10H16BNO2. The van der Waals surface area contributed by atoms with Crippen LogP contribution in [0.3, 0.4) is 0 Å². The summed E-state index contributed by atoms with van der Waals surface area (Å²) in [5.41, 5.74) is 1.11. The molecule has 2 rings (SSSR count). The van der Waals surface area contributed by atoms with Crippen molar-refractivity contribution in [3.8, 4) is 0 Å². The molecule has 0 bridgehead atoms. The average Bonchev–Trinajstić information content (AvgIpc) is 2.72. The Labute approximate surface area is 85.0 Å². The van der Waals surface area contributed by atoms with Crippen LogP contribution in [0.2, 0.25) is 0 Å². The van der Waals surface area contributed by atoms with Crippen molar-refractivity contribution >= 4 is 6.91 Å². The van der Waals surface area contributed by atoms with Crippen molar-refractivity contribution in [3.05, 3.63) is 17.7 Å². The van der Waals surface area contributed by atoms with Crippen LogP contribution in [0.5, 0.6) is 0 Å². The van der Waals surface area contributed by atoms with Gasteiger partial charge in [0.15, 0.2) is 0 Å². The van der Waals surface area contributed by atoms with Gasteiger partial charge >= 0.3 is 84.3 Å². The van der Waals surface area contributed by atoms with E-state index in [9.17, 15) is 0 Å². The first-order valence-electron chi connectivity index (χ1n) is 5.26. The second-order valence-corrected chi connectivity index (χ2v) is 3.70. The van der Waals surface area contributed by atoms with Gasteiger partial charge in [-0.1, -0.05) is 0 Å². The van der Waals surface area contributed by atoms with E-state index in [0.29, 0.717) is 0 Å². The molecule has 1 fully saturated rings. The normalized spacial score (nSPS) is 24.5. The first-order valence-corrected chi connectivity index (χ1v) is 5.26. The van der Waals surface area contributed by atoms with Crippen LogP contribution in [0.4, 0.5) is 0 Å². The zero-order valence-corrected chi connectivity index (χ0v) is 8.53. The monoisotopic (exact) mass is 193 g/mol. The summed E-state index contributed by atoms with van der Waals surface area (Å²) in [7, 11) is 0. The first-order chi connectivity index (χ1) is 6.86. The van der Waals surface area contributed by atoms with Crippen molar-refractivity contribution in [2.45, 2.75) is 38.6 Å². The Hall–Kier alpha value is -0.605. The van der Waals surface area contributed by atoms with Crippen LogP contribution < -0.4 is 0 Å². The first kappa shape index (κ1) is 9.93. The molecule has 0 aliphatic carbocycles. The number of rotatable bonds is 3. The van der Waals surface area contributed by atoms with E-state index in [1.54, 1.807) is 0 Å². The van der Waals surface area contributed by atoms with Crippen molar-refractivity contribution in [2.24, 2.45) is 0 Å². The molecule has 1 aromatic rings. The summed E-state index contributed by atoms with van der Waals surface area (Å²) in [6, 6.07) is 0. The summed E-state index contributed by atoms with van der Waals surface area (Å²) in [5.74, 6) is 1.98. The van der Waals surface area contributed by atoms with Gasteiger partial charge in [0.25, 0.3) is 0 Å². The summed E-state index contributed by atoms with van der Waals surface area (Å²) in [4.78, 5) is 3.15. The standard InChI is InChI=1S/C10H16BNO2/c1-8(10-11-5-6-12-10)14-9-4-2-3-7-13-9/h5-6,8-9,12H,2-4,7H2,1H3/t8-,9?/m1/s1. The molecule has 76 valence electrons. The summed E-state index contributed by atoms with van der Waals surface area (Å²) < 4.78 is 11.3. The van der Waals surface area contributed by atoms with E-state index in [0.717, 1.165) is 25.0 Å². The molecule has 0 amide bonds. The number of nitrogens with one attached hydrogen (secondary N) is 1. The molecule has 1 unspecified atom stereocenters. The number of hydrogen-bond donors (Lipinski definition) is 1. The third-order valence-electron chi connectivity index (χ3n) is 2.55. The maximum atomic E-state index is 5.78. The van der Waals surface area contributed by atoms with Crippen LogP contribution >= 0.6 is 0 Å². The SMILES string of the molecule is C[C@@H](OC1CCCCO1)c1bcc[nH]1. The molecule has 0 saturated carbocycles. The molecule has 3 nitrogen and oxygen atoms in total. The number of ether oxygens (including phenoxy) is 2. The van der Waals surface area contributed by atoms with Gasteiger partial charge in [0.05, 0.1) is 0 Å². The predicted molar refractivity (Wildman–Crippen MR) is 55.2 cm³/mol. The third-order valence-corrected chi connectivity index (χ3v) is 2.55. The van der Waals surface area contributed by atoms with Crippen molar-refractivity contribution in [2.75, 3.05) is 6.61 Å². The van der Waals surface area contributed by atoms with E-state index in [1.165, 1.54) is 6.42 Å². The van der Waals surface area contributed by atoms with Gasteiger partial charge in [-0.3, -0.25) is 0 Å². The van der Waals surface area contributed by atoms with Crippen molar-refractivity contribution in [3.63, 3.8) is 0 Å². The molecule has 1 aliphatic heterocycles. The zero-order valence-electron chi connectivity index (χ0n) is 8.53. The Bertz CT molecular complexity index is 257. The molecular weight excluding hydrogens is 177 g/mol.